The minimum Gasteiger partial charge on any atom is -0.382 e. The number of H-pyrrole nitrogens is 1. The molecule has 0 amide bonds. The first kappa shape index (κ1) is 13.4. The van der Waals surface area contributed by atoms with Gasteiger partial charge >= 0.3 is 0 Å². The molecule has 2 aromatic heterocycles. The number of nitrogen functional groups attached to an aromatic ring is 1. The number of nitrogens with zero attached hydrogens (tertiary/aromatic N) is 2. The van der Waals surface area contributed by atoms with Crippen LogP contribution in [0.25, 0.3) is 22.4 Å². The third-order valence-corrected chi connectivity index (χ3v) is 3.61. The highest BCUT2D eigenvalue weighted by Crippen LogP contribution is 2.34. The number of aromatic nitrogens is 3. The first-order valence-corrected chi connectivity index (χ1v) is 7.01. The molecule has 21 heavy (non-hydrogen) atoms. The minimum atomic E-state index is 0.492. The summed E-state index contributed by atoms with van der Waals surface area (Å²) in [5.74, 6) is 1.01. The van der Waals surface area contributed by atoms with Crippen molar-refractivity contribution >= 4 is 5.82 Å². The molecular formula is C17H18N4. The molecule has 0 spiro atoms. The van der Waals surface area contributed by atoms with Crippen molar-refractivity contribution in [3.05, 3.63) is 54.4 Å². The van der Waals surface area contributed by atoms with Crippen molar-refractivity contribution in [1.29, 1.82) is 0 Å². The van der Waals surface area contributed by atoms with Gasteiger partial charge in [-0.25, -0.2) is 0 Å². The Kier molecular flexibility index (Phi) is 3.44. The van der Waals surface area contributed by atoms with E-state index in [-0.39, 0.29) is 0 Å². The Bertz CT molecular complexity index is 727. The highest BCUT2D eigenvalue weighted by molar-refractivity contribution is 5.87. The van der Waals surface area contributed by atoms with Crippen molar-refractivity contribution in [2.24, 2.45) is 0 Å². The molecule has 0 aliphatic carbocycles. The van der Waals surface area contributed by atoms with Crippen molar-refractivity contribution in [2.75, 3.05) is 5.73 Å². The summed E-state index contributed by atoms with van der Waals surface area (Å²) in [4.78, 5) is 4.16. The molecule has 0 saturated carbocycles. The SMILES string of the molecule is CC(C)c1ccc(-c2[nH]nc(N)c2-c2cccnc2)cc1. The van der Waals surface area contributed by atoms with Crippen LogP contribution in [0.1, 0.15) is 25.3 Å². The summed E-state index contributed by atoms with van der Waals surface area (Å²) in [7, 11) is 0. The van der Waals surface area contributed by atoms with Crippen LogP contribution in [-0.2, 0) is 0 Å². The molecule has 0 unspecified atom stereocenters. The molecule has 106 valence electrons. The Labute approximate surface area is 124 Å². The van der Waals surface area contributed by atoms with Gasteiger partial charge in [-0.3, -0.25) is 10.1 Å². The van der Waals surface area contributed by atoms with Gasteiger partial charge in [0, 0.05) is 23.5 Å². The van der Waals surface area contributed by atoms with E-state index in [2.05, 4.69) is 53.3 Å². The second-order valence-electron chi connectivity index (χ2n) is 5.38. The molecule has 1 aromatic carbocycles. The van der Waals surface area contributed by atoms with Gasteiger partial charge in [0.25, 0.3) is 0 Å². The van der Waals surface area contributed by atoms with Gasteiger partial charge in [-0.05, 0) is 17.5 Å². The van der Waals surface area contributed by atoms with Crippen LogP contribution in [-0.4, -0.2) is 15.2 Å². The average molecular weight is 278 g/mol. The third-order valence-electron chi connectivity index (χ3n) is 3.61. The highest BCUT2D eigenvalue weighted by Gasteiger charge is 2.14. The number of benzene rings is 1. The number of rotatable bonds is 3. The van der Waals surface area contributed by atoms with Crippen molar-refractivity contribution in [1.82, 2.24) is 15.2 Å². The van der Waals surface area contributed by atoms with Crippen molar-refractivity contribution < 1.29 is 0 Å². The fraction of sp³-hybridized carbons (Fsp3) is 0.176. The highest BCUT2D eigenvalue weighted by atomic mass is 15.2. The maximum Gasteiger partial charge on any atom is 0.153 e. The molecule has 0 fully saturated rings. The van der Waals surface area contributed by atoms with E-state index in [0.717, 1.165) is 22.4 Å². The van der Waals surface area contributed by atoms with Crippen LogP contribution in [0, 0.1) is 0 Å². The van der Waals surface area contributed by atoms with E-state index >= 15 is 0 Å². The maximum absolute atomic E-state index is 6.02. The second kappa shape index (κ2) is 5.40. The van der Waals surface area contributed by atoms with Gasteiger partial charge in [-0.2, -0.15) is 5.10 Å². The van der Waals surface area contributed by atoms with Gasteiger partial charge < -0.3 is 5.73 Å². The minimum absolute atomic E-state index is 0.492. The fourth-order valence-electron chi connectivity index (χ4n) is 2.40. The quantitative estimate of drug-likeness (QED) is 0.764. The summed E-state index contributed by atoms with van der Waals surface area (Å²) in [6, 6.07) is 12.4. The van der Waals surface area contributed by atoms with Gasteiger partial charge in [0.2, 0.25) is 0 Å². The summed E-state index contributed by atoms with van der Waals surface area (Å²) in [5, 5.41) is 7.19. The van der Waals surface area contributed by atoms with E-state index in [4.69, 9.17) is 5.73 Å². The standard InChI is InChI=1S/C17H18N4/c1-11(2)12-5-7-13(8-6-12)16-15(17(18)21-20-16)14-4-3-9-19-10-14/h3-11H,1-2H3,(H3,18,20,21). The van der Waals surface area contributed by atoms with Gasteiger partial charge in [0.05, 0.1) is 11.3 Å². The fourth-order valence-corrected chi connectivity index (χ4v) is 2.40. The van der Waals surface area contributed by atoms with E-state index in [9.17, 15) is 0 Å². The van der Waals surface area contributed by atoms with E-state index in [0.29, 0.717) is 11.7 Å². The first-order valence-electron chi connectivity index (χ1n) is 7.01. The smallest absolute Gasteiger partial charge is 0.153 e. The van der Waals surface area contributed by atoms with E-state index < -0.39 is 0 Å². The molecule has 0 radical (unpaired) electrons. The van der Waals surface area contributed by atoms with Gasteiger partial charge in [0.1, 0.15) is 0 Å². The molecule has 4 heteroatoms. The second-order valence-corrected chi connectivity index (χ2v) is 5.38. The van der Waals surface area contributed by atoms with Crippen molar-refractivity contribution in [2.45, 2.75) is 19.8 Å². The van der Waals surface area contributed by atoms with Crippen molar-refractivity contribution in [3.63, 3.8) is 0 Å². The lowest BCUT2D eigenvalue weighted by Gasteiger charge is -2.08. The molecule has 0 atom stereocenters. The Morgan fingerprint density at radius 2 is 1.81 bits per heavy atom. The number of hydrogen-bond donors (Lipinski definition) is 2. The lowest BCUT2D eigenvalue weighted by atomic mass is 9.98. The van der Waals surface area contributed by atoms with Crippen molar-refractivity contribution in [3.8, 4) is 22.4 Å². The molecule has 0 bridgehead atoms. The Balaban J connectivity index is 2.08. The normalized spacial score (nSPS) is 11.0. The summed E-state index contributed by atoms with van der Waals surface area (Å²) in [5.41, 5.74) is 11.2. The zero-order valence-electron chi connectivity index (χ0n) is 12.2. The zero-order chi connectivity index (χ0) is 14.8. The number of nitrogens with two attached hydrogens (primary N) is 1. The lowest BCUT2D eigenvalue weighted by molar-refractivity contribution is 0.867. The number of anilines is 1. The summed E-state index contributed by atoms with van der Waals surface area (Å²) < 4.78 is 0. The molecule has 0 aliphatic heterocycles. The van der Waals surface area contributed by atoms with Crippen LogP contribution in [0.15, 0.2) is 48.8 Å². The average Bonchev–Trinajstić information content (AvgIpc) is 2.90. The number of nitrogens with one attached hydrogen (secondary N) is 1. The molecule has 0 saturated heterocycles. The number of hydrogen-bond acceptors (Lipinski definition) is 3. The number of pyridine rings is 1. The Hall–Kier alpha value is -2.62. The predicted molar refractivity (Wildman–Crippen MR) is 85.8 cm³/mol. The van der Waals surface area contributed by atoms with Crippen LogP contribution in [0.4, 0.5) is 5.82 Å². The van der Waals surface area contributed by atoms with E-state index in [1.165, 1.54) is 5.56 Å². The van der Waals surface area contributed by atoms with Gasteiger partial charge in [-0.1, -0.05) is 44.2 Å². The molecule has 4 nitrogen and oxygen atoms in total. The lowest BCUT2D eigenvalue weighted by Crippen LogP contribution is -1.90. The topological polar surface area (TPSA) is 67.6 Å². The van der Waals surface area contributed by atoms with Gasteiger partial charge in [0.15, 0.2) is 5.82 Å². The Morgan fingerprint density at radius 3 is 2.43 bits per heavy atom. The Morgan fingerprint density at radius 1 is 1.05 bits per heavy atom. The number of aromatic amines is 1. The molecule has 3 aromatic rings. The molecule has 2 heterocycles. The molecular weight excluding hydrogens is 260 g/mol. The molecule has 0 aliphatic rings. The largest absolute Gasteiger partial charge is 0.382 e. The summed E-state index contributed by atoms with van der Waals surface area (Å²) in [6.07, 6.45) is 3.55. The third kappa shape index (κ3) is 2.52. The van der Waals surface area contributed by atoms with Gasteiger partial charge in [-0.15, -0.1) is 0 Å². The zero-order valence-corrected chi connectivity index (χ0v) is 12.2. The predicted octanol–water partition coefficient (Wildman–Crippen LogP) is 3.84. The van der Waals surface area contributed by atoms with E-state index in [1.54, 1.807) is 12.4 Å². The van der Waals surface area contributed by atoms with Crippen LogP contribution in [0.3, 0.4) is 0 Å². The monoisotopic (exact) mass is 278 g/mol. The maximum atomic E-state index is 6.02. The molecule has 3 rings (SSSR count). The summed E-state index contributed by atoms with van der Waals surface area (Å²) in [6.45, 7) is 4.37. The van der Waals surface area contributed by atoms with Crippen LogP contribution >= 0.6 is 0 Å². The van der Waals surface area contributed by atoms with Crippen LogP contribution in [0.2, 0.25) is 0 Å². The first-order chi connectivity index (χ1) is 10.2. The van der Waals surface area contributed by atoms with Crippen LogP contribution < -0.4 is 5.73 Å². The molecule has 3 N–H and O–H groups in total. The summed E-state index contributed by atoms with van der Waals surface area (Å²) >= 11 is 0. The van der Waals surface area contributed by atoms with E-state index in [1.807, 2.05) is 12.1 Å². The van der Waals surface area contributed by atoms with Crippen LogP contribution in [0.5, 0.6) is 0 Å².